The van der Waals surface area contributed by atoms with Crippen molar-refractivity contribution in [2.45, 2.75) is 19.6 Å². The van der Waals surface area contributed by atoms with Gasteiger partial charge in [-0.3, -0.25) is 14.6 Å². The number of aromatic hydroxyl groups is 1. The maximum Gasteiger partial charge on any atom is 0.254 e. The molecule has 6 aromatic rings. The number of piperazine rings is 1. The van der Waals surface area contributed by atoms with Crippen LogP contribution in [0.4, 0.5) is 8.78 Å². The van der Waals surface area contributed by atoms with E-state index in [1.54, 1.807) is 23.5 Å². The van der Waals surface area contributed by atoms with Gasteiger partial charge in [-0.25, -0.2) is 19.2 Å². The molecule has 7 rings (SSSR count). The summed E-state index contributed by atoms with van der Waals surface area (Å²) in [5, 5.41) is 21.6. The molecule has 0 atom stereocenters. The zero-order chi connectivity index (χ0) is 36.6. The van der Waals surface area contributed by atoms with Gasteiger partial charge in [-0.05, 0) is 41.5 Å². The van der Waals surface area contributed by atoms with Crippen LogP contribution in [-0.2, 0) is 24.4 Å². The SMILES string of the molecule is O=C(CN1CCN(Cc2nc(-c3ccc(COc4ccc(F)c(F)c4)cc3)no2)CC1)N/N=C/c1cc(-c2csc(Cc3ccccc3)n2)ccc1O. The number of hydrogen-bond donors (Lipinski definition) is 2. The normalized spacial score (nSPS) is 13.8. The van der Waals surface area contributed by atoms with Gasteiger partial charge >= 0.3 is 0 Å². The highest BCUT2D eigenvalue weighted by atomic mass is 32.1. The van der Waals surface area contributed by atoms with E-state index in [0.717, 1.165) is 45.9 Å². The van der Waals surface area contributed by atoms with Gasteiger partial charge in [0.15, 0.2) is 11.6 Å². The monoisotopic (exact) mass is 735 g/mol. The quantitative estimate of drug-likeness (QED) is 0.104. The lowest BCUT2D eigenvalue weighted by molar-refractivity contribution is -0.122. The van der Waals surface area contributed by atoms with E-state index in [1.807, 2.05) is 58.8 Å². The first-order valence-corrected chi connectivity index (χ1v) is 17.8. The predicted octanol–water partition coefficient (Wildman–Crippen LogP) is 6.28. The first-order valence-electron chi connectivity index (χ1n) is 16.9. The van der Waals surface area contributed by atoms with Crippen LogP contribution >= 0.6 is 11.3 Å². The van der Waals surface area contributed by atoms with Gasteiger partial charge in [0.25, 0.3) is 5.91 Å². The fourth-order valence-corrected chi connectivity index (χ4v) is 6.58. The Morgan fingerprint density at radius 1 is 0.906 bits per heavy atom. The second kappa shape index (κ2) is 16.7. The molecule has 1 aliphatic rings. The number of nitrogens with one attached hydrogen (secondary N) is 1. The van der Waals surface area contributed by atoms with Gasteiger partial charge in [0, 0.05) is 60.7 Å². The lowest BCUT2D eigenvalue weighted by atomic mass is 10.1. The molecule has 2 aromatic heterocycles. The van der Waals surface area contributed by atoms with Crippen LogP contribution in [-0.4, -0.2) is 74.9 Å². The second-order valence-corrected chi connectivity index (χ2v) is 13.4. The Morgan fingerprint density at radius 3 is 2.47 bits per heavy atom. The molecule has 53 heavy (non-hydrogen) atoms. The molecule has 4 aromatic carbocycles. The zero-order valence-corrected chi connectivity index (χ0v) is 29.3. The maximum absolute atomic E-state index is 13.4. The smallest absolute Gasteiger partial charge is 0.254 e. The lowest BCUT2D eigenvalue weighted by Crippen LogP contribution is -2.48. The van der Waals surface area contributed by atoms with Crippen molar-refractivity contribution in [1.82, 2.24) is 30.4 Å². The number of aromatic nitrogens is 3. The molecular weight excluding hydrogens is 701 g/mol. The van der Waals surface area contributed by atoms with E-state index in [-0.39, 0.29) is 30.6 Å². The van der Waals surface area contributed by atoms with E-state index in [2.05, 4.69) is 37.7 Å². The lowest BCUT2D eigenvalue weighted by Gasteiger charge is -2.33. The van der Waals surface area contributed by atoms with Crippen molar-refractivity contribution in [3.8, 4) is 34.1 Å². The number of carbonyl (C=O) groups is 1. The summed E-state index contributed by atoms with van der Waals surface area (Å²) in [5.74, 6) is -0.891. The summed E-state index contributed by atoms with van der Waals surface area (Å²) in [4.78, 5) is 26.2. The fourth-order valence-electron chi connectivity index (χ4n) is 5.74. The second-order valence-electron chi connectivity index (χ2n) is 12.5. The van der Waals surface area contributed by atoms with Gasteiger partial charge < -0.3 is 14.4 Å². The Labute approximate surface area is 308 Å². The summed E-state index contributed by atoms with van der Waals surface area (Å²) in [5.41, 5.74) is 7.51. The van der Waals surface area contributed by atoms with Crippen molar-refractivity contribution in [3.63, 3.8) is 0 Å². The predicted molar refractivity (Wildman–Crippen MR) is 196 cm³/mol. The van der Waals surface area contributed by atoms with Crippen molar-refractivity contribution >= 4 is 23.5 Å². The molecule has 1 aliphatic heterocycles. The third-order valence-corrected chi connectivity index (χ3v) is 9.48. The van der Waals surface area contributed by atoms with Gasteiger partial charge in [0.1, 0.15) is 18.1 Å². The summed E-state index contributed by atoms with van der Waals surface area (Å²) >= 11 is 1.59. The van der Waals surface area contributed by atoms with Crippen LogP contribution in [0.2, 0.25) is 0 Å². The van der Waals surface area contributed by atoms with Crippen molar-refractivity contribution in [2.24, 2.45) is 5.10 Å². The van der Waals surface area contributed by atoms with E-state index < -0.39 is 11.6 Å². The molecule has 1 fully saturated rings. The van der Waals surface area contributed by atoms with E-state index in [1.165, 1.54) is 17.8 Å². The number of phenolic OH excluding ortho intramolecular Hbond substituents is 1. The third-order valence-electron chi connectivity index (χ3n) is 8.63. The largest absolute Gasteiger partial charge is 0.507 e. The fraction of sp³-hybridized carbons (Fsp3) is 0.205. The molecule has 3 heterocycles. The number of hydrogen-bond acceptors (Lipinski definition) is 11. The molecule has 270 valence electrons. The Hall–Kier alpha value is -5.83. The highest BCUT2D eigenvalue weighted by Crippen LogP contribution is 2.27. The topological polar surface area (TPSA) is 129 Å². The Kier molecular flexibility index (Phi) is 11.2. The highest BCUT2D eigenvalue weighted by Gasteiger charge is 2.21. The maximum atomic E-state index is 13.4. The summed E-state index contributed by atoms with van der Waals surface area (Å²) in [6.45, 7) is 3.64. The highest BCUT2D eigenvalue weighted by molar-refractivity contribution is 7.10. The van der Waals surface area contributed by atoms with Crippen LogP contribution in [0, 0.1) is 11.6 Å². The van der Waals surface area contributed by atoms with Gasteiger partial charge in [-0.15, -0.1) is 11.3 Å². The first kappa shape index (κ1) is 35.6. The molecule has 2 N–H and O–H groups in total. The zero-order valence-electron chi connectivity index (χ0n) is 28.5. The van der Waals surface area contributed by atoms with Gasteiger partial charge in [-0.1, -0.05) is 59.8 Å². The number of thiazole rings is 1. The molecule has 0 unspecified atom stereocenters. The Balaban J connectivity index is 0.838. The molecule has 0 saturated carbocycles. The number of hydrazone groups is 1. The summed E-state index contributed by atoms with van der Waals surface area (Å²) in [6, 6.07) is 26.2. The van der Waals surface area contributed by atoms with E-state index >= 15 is 0 Å². The van der Waals surface area contributed by atoms with Crippen molar-refractivity contribution in [1.29, 1.82) is 0 Å². The molecule has 1 amide bonds. The summed E-state index contributed by atoms with van der Waals surface area (Å²) in [7, 11) is 0. The Morgan fingerprint density at radius 2 is 1.68 bits per heavy atom. The minimum atomic E-state index is -0.958. The van der Waals surface area contributed by atoms with Crippen molar-refractivity contribution in [2.75, 3.05) is 32.7 Å². The molecule has 1 saturated heterocycles. The third kappa shape index (κ3) is 9.54. The minimum Gasteiger partial charge on any atom is -0.507 e. The summed E-state index contributed by atoms with van der Waals surface area (Å²) < 4.78 is 37.6. The number of benzene rings is 4. The van der Waals surface area contributed by atoms with Crippen LogP contribution in [0.1, 0.15) is 27.6 Å². The van der Waals surface area contributed by atoms with Crippen LogP contribution in [0.15, 0.2) is 106 Å². The van der Waals surface area contributed by atoms with Gasteiger partial charge in [-0.2, -0.15) is 10.1 Å². The minimum absolute atomic E-state index is 0.0543. The van der Waals surface area contributed by atoms with Crippen molar-refractivity contribution in [3.05, 3.63) is 136 Å². The van der Waals surface area contributed by atoms with Crippen molar-refractivity contribution < 1.29 is 27.9 Å². The van der Waals surface area contributed by atoms with E-state index in [9.17, 15) is 18.7 Å². The average Bonchev–Trinajstić information content (AvgIpc) is 3.84. The van der Waals surface area contributed by atoms with Gasteiger partial charge in [0.05, 0.1) is 30.0 Å². The number of nitrogens with zero attached hydrogens (tertiary/aromatic N) is 6. The van der Waals surface area contributed by atoms with Crippen LogP contribution < -0.4 is 10.2 Å². The molecule has 11 nitrogen and oxygen atoms in total. The number of rotatable bonds is 13. The molecule has 0 radical (unpaired) electrons. The average molecular weight is 736 g/mol. The van der Waals surface area contributed by atoms with E-state index in [4.69, 9.17) is 14.2 Å². The molecular formula is C39H35F2N7O4S. The molecule has 0 spiro atoms. The van der Waals surface area contributed by atoms with Crippen LogP contribution in [0.3, 0.4) is 0 Å². The van der Waals surface area contributed by atoms with Crippen LogP contribution in [0.25, 0.3) is 22.6 Å². The molecule has 0 aliphatic carbocycles. The van der Waals surface area contributed by atoms with Gasteiger partial charge in [0.2, 0.25) is 11.7 Å². The number of amides is 1. The number of phenols is 1. The summed E-state index contributed by atoms with van der Waals surface area (Å²) in [6.07, 6.45) is 2.19. The molecule has 0 bridgehead atoms. The molecule has 14 heteroatoms. The number of ether oxygens (including phenoxy) is 1. The van der Waals surface area contributed by atoms with E-state index in [0.29, 0.717) is 50.0 Å². The number of halogens is 2. The Bertz CT molecular complexity index is 2190. The standard InChI is InChI=1S/C39H35F2N7O4S/c40-32-12-11-31(20-33(32)41)51-24-27-6-8-28(9-7-27)39-44-37(52-46-39)23-48-16-14-47(15-17-48)22-36(50)45-42-21-30-19-29(10-13-35(30)49)34-25-53-38(43-34)18-26-4-2-1-3-5-26/h1-13,19-21,25,49H,14-18,22-24H2,(H,45,50)/b42-21+. The van der Waals surface area contributed by atoms with Crippen LogP contribution in [0.5, 0.6) is 11.5 Å². The first-order chi connectivity index (χ1) is 25.8. The number of carbonyl (C=O) groups excluding carboxylic acids is 1.